The summed E-state index contributed by atoms with van der Waals surface area (Å²) in [5, 5.41) is 2.71. The zero-order valence-corrected chi connectivity index (χ0v) is 12.4. The van der Waals surface area contributed by atoms with Crippen LogP contribution in [0, 0.1) is 0 Å². The van der Waals surface area contributed by atoms with E-state index in [1.54, 1.807) is 12.1 Å². The van der Waals surface area contributed by atoms with Crippen LogP contribution in [0.2, 0.25) is 0 Å². The van der Waals surface area contributed by atoms with Gasteiger partial charge in [-0.2, -0.15) is 0 Å². The topological polar surface area (TPSA) is 66.5 Å². The number of amides is 3. The van der Waals surface area contributed by atoms with Gasteiger partial charge < -0.3 is 5.32 Å². The SMILES string of the molecule is CC.O=C1CCC(N2C(=O)Cc3ccccc3C2=O)CN1.[HH]. The van der Waals surface area contributed by atoms with Crippen LogP contribution in [0.3, 0.4) is 0 Å². The fourth-order valence-corrected chi connectivity index (χ4v) is 2.68. The Morgan fingerprint density at radius 2 is 1.90 bits per heavy atom. The van der Waals surface area contributed by atoms with Crippen molar-refractivity contribution in [2.24, 2.45) is 0 Å². The molecule has 0 spiro atoms. The van der Waals surface area contributed by atoms with Gasteiger partial charge in [-0.25, -0.2) is 0 Å². The second-order valence-electron chi connectivity index (χ2n) is 4.90. The Balaban J connectivity index is 0.000000775. The lowest BCUT2D eigenvalue weighted by Gasteiger charge is -2.35. The molecule has 1 aromatic carbocycles. The number of imide groups is 1. The second kappa shape index (κ2) is 6.52. The third-order valence-electron chi connectivity index (χ3n) is 3.68. The van der Waals surface area contributed by atoms with Crippen LogP contribution in [0.5, 0.6) is 0 Å². The van der Waals surface area contributed by atoms with Gasteiger partial charge in [-0.1, -0.05) is 32.0 Å². The molecule has 21 heavy (non-hydrogen) atoms. The molecule has 0 aliphatic carbocycles. The van der Waals surface area contributed by atoms with Crippen molar-refractivity contribution < 1.29 is 15.8 Å². The standard InChI is InChI=1S/C14H14N2O3.C2H6.H2/c17-12-6-5-10(8-15-12)16-13(18)7-9-3-1-2-4-11(9)14(16)19;1-2;/h1-4,10H,5-8H2,(H,15,17);1-2H3;1H. The van der Waals surface area contributed by atoms with Gasteiger partial charge in [0, 0.05) is 20.0 Å². The van der Waals surface area contributed by atoms with Crippen LogP contribution < -0.4 is 5.32 Å². The van der Waals surface area contributed by atoms with Gasteiger partial charge in [0.05, 0.1) is 12.5 Å². The van der Waals surface area contributed by atoms with E-state index in [4.69, 9.17) is 0 Å². The van der Waals surface area contributed by atoms with Crippen LogP contribution in [0.4, 0.5) is 0 Å². The third kappa shape index (κ3) is 2.96. The van der Waals surface area contributed by atoms with Crippen molar-refractivity contribution in [3.8, 4) is 0 Å². The van der Waals surface area contributed by atoms with E-state index < -0.39 is 0 Å². The van der Waals surface area contributed by atoms with Crippen molar-refractivity contribution in [3.63, 3.8) is 0 Å². The maximum Gasteiger partial charge on any atom is 0.261 e. The lowest BCUT2D eigenvalue weighted by atomic mass is 9.95. The molecule has 0 radical (unpaired) electrons. The molecule has 1 saturated heterocycles. The van der Waals surface area contributed by atoms with Crippen molar-refractivity contribution in [1.82, 2.24) is 10.2 Å². The van der Waals surface area contributed by atoms with Gasteiger partial charge in [-0.3, -0.25) is 19.3 Å². The number of hydrogen-bond acceptors (Lipinski definition) is 3. The van der Waals surface area contributed by atoms with Gasteiger partial charge in [-0.05, 0) is 18.1 Å². The minimum Gasteiger partial charge on any atom is -0.354 e. The number of nitrogens with zero attached hydrogens (tertiary/aromatic N) is 1. The van der Waals surface area contributed by atoms with Gasteiger partial charge in [0.2, 0.25) is 11.8 Å². The maximum absolute atomic E-state index is 12.4. The van der Waals surface area contributed by atoms with E-state index in [0.717, 1.165) is 5.56 Å². The molecule has 5 nitrogen and oxygen atoms in total. The first-order valence-corrected chi connectivity index (χ1v) is 7.38. The Hall–Kier alpha value is -2.17. The second-order valence-corrected chi connectivity index (χ2v) is 4.90. The van der Waals surface area contributed by atoms with E-state index in [-0.39, 0.29) is 31.6 Å². The van der Waals surface area contributed by atoms with E-state index in [1.165, 1.54) is 4.90 Å². The van der Waals surface area contributed by atoms with Crippen molar-refractivity contribution >= 4 is 17.7 Å². The average molecular weight is 290 g/mol. The van der Waals surface area contributed by atoms with Crippen molar-refractivity contribution in [2.45, 2.75) is 39.2 Å². The molecule has 1 N–H and O–H groups in total. The zero-order valence-electron chi connectivity index (χ0n) is 12.4. The Bertz CT molecular complexity index is 564. The maximum atomic E-state index is 12.4. The number of benzene rings is 1. The van der Waals surface area contributed by atoms with Crippen LogP contribution >= 0.6 is 0 Å². The largest absolute Gasteiger partial charge is 0.354 e. The molecule has 0 bridgehead atoms. The van der Waals surface area contributed by atoms with Gasteiger partial charge in [-0.15, -0.1) is 0 Å². The predicted octanol–water partition coefficient (Wildman–Crippen LogP) is 1.76. The summed E-state index contributed by atoms with van der Waals surface area (Å²) < 4.78 is 0. The fourth-order valence-electron chi connectivity index (χ4n) is 2.68. The molecular formula is C16H22N2O3. The summed E-state index contributed by atoms with van der Waals surface area (Å²) >= 11 is 0. The molecule has 1 fully saturated rings. The molecule has 0 saturated carbocycles. The number of nitrogens with one attached hydrogen (secondary N) is 1. The summed E-state index contributed by atoms with van der Waals surface area (Å²) in [6, 6.07) is 6.97. The van der Waals surface area contributed by atoms with Crippen LogP contribution in [-0.2, 0) is 16.0 Å². The average Bonchev–Trinajstić information content (AvgIpc) is 2.51. The number of piperidine rings is 1. The summed E-state index contributed by atoms with van der Waals surface area (Å²) in [4.78, 5) is 37.0. The molecule has 2 aliphatic heterocycles. The highest BCUT2D eigenvalue weighted by Crippen LogP contribution is 2.23. The molecule has 1 unspecified atom stereocenters. The van der Waals surface area contributed by atoms with Crippen molar-refractivity contribution in [2.75, 3.05) is 6.54 Å². The van der Waals surface area contributed by atoms with Crippen molar-refractivity contribution in [3.05, 3.63) is 35.4 Å². The highest BCUT2D eigenvalue weighted by Gasteiger charge is 2.37. The first-order valence-electron chi connectivity index (χ1n) is 7.38. The van der Waals surface area contributed by atoms with E-state index in [2.05, 4.69) is 5.32 Å². The van der Waals surface area contributed by atoms with Crippen LogP contribution in [0.25, 0.3) is 0 Å². The highest BCUT2D eigenvalue weighted by molar-refractivity contribution is 6.10. The van der Waals surface area contributed by atoms with Crippen LogP contribution in [0.15, 0.2) is 24.3 Å². The normalized spacial score (nSPS) is 21.1. The fraction of sp³-hybridized carbons (Fsp3) is 0.438. The third-order valence-corrected chi connectivity index (χ3v) is 3.68. The minimum absolute atomic E-state index is 0. The zero-order chi connectivity index (χ0) is 15.4. The van der Waals surface area contributed by atoms with Crippen molar-refractivity contribution in [1.29, 1.82) is 0 Å². The van der Waals surface area contributed by atoms with E-state index in [0.29, 0.717) is 24.9 Å². The van der Waals surface area contributed by atoms with Crippen LogP contribution in [0.1, 0.15) is 44.0 Å². The summed E-state index contributed by atoms with van der Waals surface area (Å²) in [5.74, 6) is -0.439. The highest BCUT2D eigenvalue weighted by atomic mass is 16.2. The van der Waals surface area contributed by atoms with E-state index in [9.17, 15) is 14.4 Å². The molecular weight excluding hydrogens is 268 g/mol. The number of carbonyl (C=O) groups excluding carboxylic acids is 3. The quantitative estimate of drug-likeness (QED) is 0.801. The Morgan fingerprint density at radius 3 is 2.57 bits per heavy atom. The lowest BCUT2D eigenvalue weighted by molar-refractivity contribution is -0.133. The number of hydrogen-bond donors (Lipinski definition) is 1. The smallest absolute Gasteiger partial charge is 0.261 e. The summed E-state index contributed by atoms with van der Waals surface area (Å²) in [6.07, 6.45) is 1.17. The van der Waals surface area contributed by atoms with E-state index >= 15 is 0 Å². The Morgan fingerprint density at radius 1 is 1.19 bits per heavy atom. The van der Waals surface area contributed by atoms with Gasteiger partial charge in [0.25, 0.3) is 5.91 Å². The number of fused-ring (bicyclic) bond motifs is 1. The van der Waals surface area contributed by atoms with E-state index in [1.807, 2.05) is 26.0 Å². The molecule has 114 valence electrons. The molecule has 1 atom stereocenters. The first kappa shape index (κ1) is 15.2. The number of rotatable bonds is 1. The van der Waals surface area contributed by atoms with Gasteiger partial charge in [0.15, 0.2) is 0 Å². The number of carbonyl (C=O) groups is 3. The molecule has 2 aliphatic rings. The lowest BCUT2D eigenvalue weighted by Crippen LogP contribution is -2.54. The molecule has 3 rings (SSSR count). The summed E-state index contributed by atoms with van der Waals surface area (Å²) in [7, 11) is 0. The summed E-state index contributed by atoms with van der Waals surface area (Å²) in [6.45, 7) is 4.36. The molecule has 2 heterocycles. The first-order chi connectivity index (χ1) is 10.2. The van der Waals surface area contributed by atoms with Crippen LogP contribution in [-0.4, -0.2) is 35.2 Å². The Kier molecular flexibility index (Phi) is 4.73. The molecule has 5 heteroatoms. The minimum atomic E-state index is -0.243. The molecule has 0 aromatic heterocycles. The summed E-state index contributed by atoms with van der Waals surface area (Å²) in [5.41, 5.74) is 1.38. The molecule has 3 amide bonds. The predicted molar refractivity (Wildman–Crippen MR) is 80.8 cm³/mol. The monoisotopic (exact) mass is 290 g/mol. The Labute approximate surface area is 125 Å². The van der Waals surface area contributed by atoms with Gasteiger partial charge in [0.1, 0.15) is 0 Å². The van der Waals surface area contributed by atoms with Gasteiger partial charge >= 0.3 is 0 Å². The molecule has 1 aromatic rings.